The van der Waals surface area contributed by atoms with Crippen LogP contribution in [0.1, 0.15) is 56.9 Å². The van der Waals surface area contributed by atoms with Crippen molar-refractivity contribution in [3.8, 4) is 0 Å². The van der Waals surface area contributed by atoms with Crippen LogP contribution in [-0.4, -0.2) is 48.1 Å². The molecule has 1 saturated heterocycles. The summed E-state index contributed by atoms with van der Waals surface area (Å²) >= 11 is 0. The molecule has 1 aliphatic heterocycles. The van der Waals surface area contributed by atoms with E-state index in [1.165, 1.54) is 37.7 Å². The zero-order chi connectivity index (χ0) is 19.3. The highest BCUT2D eigenvalue weighted by Gasteiger charge is 2.28. The molecule has 1 N–H and O–H groups in total. The van der Waals surface area contributed by atoms with E-state index in [2.05, 4.69) is 21.8 Å². The van der Waals surface area contributed by atoms with Gasteiger partial charge in [-0.05, 0) is 69.9 Å². The van der Waals surface area contributed by atoms with Gasteiger partial charge in [0, 0.05) is 18.4 Å². The SMILES string of the molecule is C=CNC1CCCCC1.CN1CCCC1C(=O)OCCCc1cccnc1. The number of esters is 1. The molecule has 3 rings (SSSR count). The third-order valence-corrected chi connectivity index (χ3v) is 5.33. The molecule has 1 saturated carbocycles. The van der Waals surface area contributed by atoms with E-state index < -0.39 is 0 Å². The Hall–Kier alpha value is -1.88. The Morgan fingerprint density at radius 3 is 2.78 bits per heavy atom. The number of hydrogen-bond acceptors (Lipinski definition) is 5. The van der Waals surface area contributed by atoms with Crippen LogP contribution in [0.15, 0.2) is 37.3 Å². The Morgan fingerprint density at radius 1 is 1.33 bits per heavy atom. The van der Waals surface area contributed by atoms with Crippen LogP contribution < -0.4 is 5.32 Å². The average molecular weight is 374 g/mol. The molecule has 0 spiro atoms. The lowest BCUT2D eigenvalue weighted by Crippen LogP contribution is -2.34. The third kappa shape index (κ3) is 8.12. The van der Waals surface area contributed by atoms with Crippen molar-refractivity contribution in [3.05, 3.63) is 42.9 Å². The first-order valence-corrected chi connectivity index (χ1v) is 10.3. The lowest BCUT2D eigenvalue weighted by molar-refractivity contribution is -0.148. The molecule has 5 heteroatoms. The van der Waals surface area contributed by atoms with E-state index in [4.69, 9.17) is 4.74 Å². The molecule has 2 aliphatic rings. The summed E-state index contributed by atoms with van der Waals surface area (Å²) in [4.78, 5) is 17.9. The minimum Gasteiger partial charge on any atom is -0.465 e. The first kappa shape index (κ1) is 21.4. The van der Waals surface area contributed by atoms with Gasteiger partial charge in [0.05, 0.1) is 6.61 Å². The fourth-order valence-corrected chi connectivity index (χ4v) is 3.74. The normalized spacial score (nSPS) is 20.4. The molecule has 0 bridgehead atoms. The fraction of sp³-hybridized carbons (Fsp3) is 0.636. The number of nitrogens with one attached hydrogen (secondary N) is 1. The maximum absolute atomic E-state index is 11.8. The molecule has 27 heavy (non-hydrogen) atoms. The Morgan fingerprint density at radius 2 is 2.15 bits per heavy atom. The van der Waals surface area contributed by atoms with Gasteiger partial charge in [0.2, 0.25) is 0 Å². The van der Waals surface area contributed by atoms with E-state index in [1.807, 2.05) is 31.6 Å². The molecule has 1 unspecified atom stereocenters. The van der Waals surface area contributed by atoms with Crippen LogP contribution in [-0.2, 0) is 16.0 Å². The summed E-state index contributed by atoms with van der Waals surface area (Å²) in [6.07, 6.45) is 16.1. The minimum absolute atomic E-state index is 0.0246. The van der Waals surface area contributed by atoms with Gasteiger partial charge in [-0.2, -0.15) is 0 Å². The number of likely N-dealkylation sites (tertiary alicyclic amines) is 1. The summed E-state index contributed by atoms with van der Waals surface area (Å²) < 4.78 is 5.32. The molecule has 150 valence electrons. The summed E-state index contributed by atoms with van der Waals surface area (Å²) in [5.74, 6) is -0.0683. The van der Waals surface area contributed by atoms with E-state index in [0.29, 0.717) is 6.61 Å². The van der Waals surface area contributed by atoms with Crippen molar-refractivity contribution in [1.82, 2.24) is 15.2 Å². The van der Waals surface area contributed by atoms with Crippen molar-refractivity contribution in [2.24, 2.45) is 0 Å². The third-order valence-electron chi connectivity index (χ3n) is 5.33. The molecule has 0 amide bonds. The molecule has 1 atom stereocenters. The second-order valence-corrected chi connectivity index (χ2v) is 7.48. The lowest BCUT2D eigenvalue weighted by Gasteiger charge is -2.21. The van der Waals surface area contributed by atoms with Crippen molar-refractivity contribution < 1.29 is 9.53 Å². The largest absolute Gasteiger partial charge is 0.465 e. The zero-order valence-corrected chi connectivity index (χ0v) is 16.7. The Labute approximate surface area is 164 Å². The second kappa shape index (κ2) is 12.5. The number of rotatable bonds is 7. The number of nitrogens with zero attached hydrogens (tertiary/aromatic N) is 2. The van der Waals surface area contributed by atoms with Crippen LogP contribution in [0.25, 0.3) is 0 Å². The highest BCUT2D eigenvalue weighted by atomic mass is 16.5. The molecule has 1 aromatic heterocycles. The lowest BCUT2D eigenvalue weighted by atomic mass is 9.96. The molecular formula is C22H35N3O2. The predicted octanol–water partition coefficient (Wildman–Crippen LogP) is 3.70. The highest BCUT2D eigenvalue weighted by molar-refractivity contribution is 5.76. The number of aromatic nitrogens is 1. The van der Waals surface area contributed by atoms with Crippen LogP contribution in [0, 0.1) is 0 Å². The van der Waals surface area contributed by atoms with E-state index in [1.54, 1.807) is 6.20 Å². The minimum atomic E-state index is -0.0683. The fourth-order valence-electron chi connectivity index (χ4n) is 3.74. The molecule has 1 aromatic rings. The summed E-state index contributed by atoms with van der Waals surface area (Å²) in [5, 5.41) is 3.25. The molecule has 0 aromatic carbocycles. The van der Waals surface area contributed by atoms with Gasteiger partial charge in [-0.3, -0.25) is 14.7 Å². The van der Waals surface area contributed by atoms with E-state index in [0.717, 1.165) is 38.3 Å². The molecule has 0 radical (unpaired) electrons. The van der Waals surface area contributed by atoms with Gasteiger partial charge in [0.25, 0.3) is 0 Å². The first-order valence-electron chi connectivity index (χ1n) is 10.3. The molecule has 2 fully saturated rings. The zero-order valence-electron chi connectivity index (χ0n) is 16.7. The van der Waals surface area contributed by atoms with Gasteiger partial charge in [-0.1, -0.05) is 31.9 Å². The molecule has 5 nitrogen and oxygen atoms in total. The number of likely N-dealkylation sites (N-methyl/N-ethyl adjacent to an activating group) is 1. The Balaban J connectivity index is 0.000000244. The van der Waals surface area contributed by atoms with Gasteiger partial charge in [-0.15, -0.1) is 0 Å². The van der Waals surface area contributed by atoms with Crippen LogP contribution in [0.3, 0.4) is 0 Å². The van der Waals surface area contributed by atoms with Gasteiger partial charge in [-0.25, -0.2) is 0 Å². The first-order chi connectivity index (χ1) is 13.2. The Kier molecular flexibility index (Phi) is 9.91. The maximum Gasteiger partial charge on any atom is 0.323 e. The summed E-state index contributed by atoms with van der Waals surface area (Å²) in [7, 11) is 1.98. The smallest absolute Gasteiger partial charge is 0.323 e. The van der Waals surface area contributed by atoms with E-state index in [-0.39, 0.29) is 12.0 Å². The summed E-state index contributed by atoms with van der Waals surface area (Å²) in [6.45, 7) is 5.14. The van der Waals surface area contributed by atoms with Gasteiger partial charge < -0.3 is 10.1 Å². The number of aryl methyl sites for hydroxylation is 1. The second-order valence-electron chi connectivity index (χ2n) is 7.48. The average Bonchev–Trinajstić information content (AvgIpc) is 3.14. The molecular weight excluding hydrogens is 338 g/mol. The van der Waals surface area contributed by atoms with Crippen LogP contribution in [0.5, 0.6) is 0 Å². The van der Waals surface area contributed by atoms with Crippen molar-refractivity contribution >= 4 is 5.97 Å². The number of hydrogen-bond donors (Lipinski definition) is 1. The monoisotopic (exact) mass is 373 g/mol. The van der Waals surface area contributed by atoms with Crippen molar-refractivity contribution in [2.75, 3.05) is 20.2 Å². The number of carbonyl (C=O) groups excluding carboxylic acids is 1. The standard InChI is InChI=1S/C14H20N2O2.C8H15N/c1-16-9-3-7-13(16)14(17)18-10-4-6-12-5-2-8-15-11-12;1-2-9-8-6-4-3-5-7-8/h2,5,8,11,13H,3-4,6-7,9-10H2,1H3;2,8-9H,1,3-7H2. The highest BCUT2D eigenvalue weighted by Crippen LogP contribution is 2.17. The predicted molar refractivity (Wildman–Crippen MR) is 109 cm³/mol. The van der Waals surface area contributed by atoms with Crippen LogP contribution >= 0.6 is 0 Å². The van der Waals surface area contributed by atoms with Crippen LogP contribution in [0.4, 0.5) is 0 Å². The van der Waals surface area contributed by atoms with Gasteiger partial charge in [0.15, 0.2) is 0 Å². The van der Waals surface area contributed by atoms with Gasteiger partial charge in [0.1, 0.15) is 6.04 Å². The van der Waals surface area contributed by atoms with E-state index in [9.17, 15) is 4.79 Å². The van der Waals surface area contributed by atoms with E-state index >= 15 is 0 Å². The summed E-state index contributed by atoms with van der Waals surface area (Å²) in [6, 6.07) is 4.67. The Bertz CT molecular complexity index is 544. The maximum atomic E-state index is 11.8. The quantitative estimate of drug-likeness (QED) is 0.583. The van der Waals surface area contributed by atoms with Crippen LogP contribution in [0.2, 0.25) is 0 Å². The number of carbonyl (C=O) groups is 1. The van der Waals surface area contributed by atoms with Crippen molar-refractivity contribution in [3.63, 3.8) is 0 Å². The number of pyridine rings is 1. The molecule has 2 heterocycles. The van der Waals surface area contributed by atoms with Gasteiger partial charge >= 0.3 is 5.97 Å². The topological polar surface area (TPSA) is 54.5 Å². The molecule has 1 aliphatic carbocycles. The van der Waals surface area contributed by atoms with Crippen molar-refractivity contribution in [2.45, 2.75) is 69.9 Å². The summed E-state index contributed by atoms with van der Waals surface area (Å²) in [5.41, 5.74) is 1.19. The van der Waals surface area contributed by atoms with Crippen molar-refractivity contribution in [1.29, 1.82) is 0 Å². The number of ether oxygens (including phenoxy) is 1.